The van der Waals surface area contributed by atoms with Crippen molar-refractivity contribution in [1.29, 1.82) is 0 Å². The van der Waals surface area contributed by atoms with Gasteiger partial charge in [0.15, 0.2) is 5.82 Å². The van der Waals surface area contributed by atoms with E-state index in [9.17, 15) is 9.59 Å². The number of esters is 1. The van der Waals surface area contributed by atoms with Crippen molar-refractivity contribution in [2.24, 2.45) is 0 Å². The highest BCUT2D eigenvalue weighted by Gasteiger charge is 2.13. The van der Waals surface area contributed by atoms with Gasteiger partial charge in [0.2, 0.25) is 5.95 Å². The number of benzene rings is 1. The zero-order valence-corrected chi connectivity index (χ0v) is 14.9. The fourth-order valence-corrected chi connectivity index (χ4v) is 2.28. The summed E-state index contributed by atoms with van der Waals surface area (Å²) in [4.78, 5) is 32.4. The van der Waals surface area contributed by atoms with Crippen LogP contribution in [0.1, 0.15) is 32.3 Å². The van der Waals surface area contributed by atoms with Crippen molar-refractivity contribution < 1.29 is 18.8 Å². The lowest BCUT2D eigenvalue weighted by Crippen LogP contribution is -2.15. The quantitative estimate of drug-likeness (QED) is 0.661. The van der Waals surface area contributed by atoms with E-state index in [1.54, 1.807) is 50.2 Å². The second-order valence-corrected chi connectivity index (χ2v) is 5.69. The van der Waals surface area contributed by atoms with Gasteiger partial charge in [-0.3, -0.25) is 4.79 Å². The maximum Gasteiger partial charge on any atom is 0.337 e. The molecule has 27 heavy (non-hydrogen) atoms. The number of methoxy groups -OCH3 is 1. The minimum atomic E-state index is -0.446. The zero-order chi connectivity index (χ0) is 19.4. The van der Waals surface area contributed by atoms with Gasteiger partial charge in [-0.15, -0.1) is 0 Å². The average Bonchev–Trinajstić information content (AvgIpc) is 3.05. The van der Waals surface area contributed by atoms with E-state index in [2.05, 4.69) is 30.5 Å². The van der Waals surface area contributed by atoms with Crippen LogP contribution in [0.15, 0.2) is 40.9 Å². The molecule has 1 amide bonds. The van der Waals surface area contributed by atoms with Crippen molar-refractivity contribution >= 4 is 29.3 Å². The molecule has 3 rings (SSSR count). The molecule has 3 aromatic rings. The monoisotopic (exact) mass is 367 g/mol. The molecule has 2 aromatic heterocycles. The molecule has 0 aliphatic rings. The second-order valence-electron chi connectivity index (χ2n) is 5.69. The normalized spacial score (nSPS) is 10.3. The van der Waals surface area contributed by atoms with Gasteiger partial charge in [-0.25, -0.2) is 14.8 Å². The first-order valence-electron chi connectivity index (χ1n) is 8.00. The lowest BCUT2D eigenvalue weighted by atomic mass is 10.2. The van der Waals surface area contributed by atoms with Gasteiger partial charge in [0.25, 0.3) is 5.91 Å². The van der Waals surface area contributed by atoms with Crippen LogP contribution >= 0.6 is 0 Å². The number of aromatic nitrogens is 3. The van der Waals surface area contributed by atoms with E-state index in [1.807, 2.05) is 0 Å². The number of rotatable bonds is 5. The van der Waals surface area contributed by atoms with Crippen molar-refractivity contribution in [3.63, 3.8) is 0 Å². The molecule has 0 saturated heterocycles. The number of nitrogens with one attached hydrogen (secondary N) is 2. The third-order valence-electron chi connectivity index (χ3n) is 3.52. The van der Waals surface area contributed by atoms with Gasteiger partial charge >= 0.3 is 5.97 Å². The molecular formula is C18H17N5O4. The van der Waals surface area contributed by atoms with Crippen LogP contribution in [0.2, 0.25) is 0 Å². The topological polar surface area (TPSA) is 119 Å². The highest BCUT2D eigenvalue weighted by atomic mass is 16.5. The summed E-state index contributed by atoms with van der Waals surface area (Å²) in [6, 6.07) is 9.59. The summed E-state index contributed by atoms with van der Waals surface area (Å²) in [6.07, 6.45) is 0. The van der Waals surface area contributed by atoms with Crippen molar-refractivity contribution in [1.82, 2.24) is 15.1 Å². The van der Waals surface area contributed by atoms with Crippen LogP contribution in [-0.4, -0.2) is 34.1 Å². The molecule has 0 fully saturated rings. The number of amides is 1. The van der Waals surface area contributed by atoms with Gasteiger partial charge in [0.05, 0.1) is 12.7 Å². The molecule has 0 spiro atoms. The molecular weight excluding hydrogens is 350 g/mol. The Labute approximate surface area is 154 Å². The molecule has 0 bridgehead atoms. The van der Waals surface area contributed by atoms with E-state index >= 15 is 0 Å². The minimum Gasteiger partial charge on any atom is -0.465 e. The molecule has 2 N–H and O–H groups in total. The highest BCUT2D eigenvalue weighted by Crippen LogP contribution is 2.15. The largest absolute Gasteiger partial charge is 0.465 e. The van der Waals surface area contributed by atoms with Crippen molar-refractivity contribution in [2.45, 2.75) is 13.8 Å². The zero-order valence-electron chi connectivity index (χ0n) is 14.9. The molecule has 0 saturated carbocycles. The van der Waals surface area contributed by atoms with E-state index in [0.717, 1.165) is 0 Å². The van der Waals surface area contributed by atoms with E-state index in [4.69, 9.17) is 4.52 Å². The van der Waals surface area contributed by atoms with E-state index in [0.29, 0.717) is 28.5 Å². The third-order valence-corrected chi connectivity index (χ3v) is 3.52. The van der Waals surface area contributed by atoms with Crippen molar-refractivity contribution in [3.05, 3.63) is 59.1 Å². The number of ether oxygens (including phenoxy) is 1. The Balaban J connectivity index is 1.75. The Kier molecular flexibility index (Phi) is 5.11. The van der Waals surface area contributed by atoms with Gasteiger partial charge in [0, 0.05) is 17.4 Å². The van der Waals surface area contributed by atoms with Gasteiger partial charge in [-0.1, -0.05) is 5.16 Å². The fourth-order valence-electron chi connectivity index (χ4n) is 2.28. The second kappa shape index (κ2) is 7.65. The number of carbonyl (C=O) groups is 2. The summed E-state index contributed by atoms with van der Waals surface area (Å²) >= 11 is 0. The van der Waals surface area contributed by atoms with Gasteiger partial charge < -0.3 is 19.9 Å². The predicted molar refractivity (Wildman–Crippen MR) is 97.0 cm³/mol. The Hall–Kier alpha value is -3.75. The highest BCUT2D eigenvalue weighted by molar-refractivity contribution is 6.03. The summed E-state index contributed by atoms with van der Waals surface area (Å²) in [5, 5.41) is 9.42. The Bertz CT molecular complexity index is 982. The van der Waals surface area contributed by atoms with Crippen LogP contribution in [0.4, 0.5) is 17.5 Å². The first-order valence-corrected chi connectivity index (χ1v) is 8.00. The molecule has 0 aliphatic heterocycles. The number of carbonyl (C=O) groups excluding carboxylic acids is 2. The maximum absolute atomic E-state index is 12.5. The Morgan fingerprint density at radius 3 is 2.44 bits per heavy atom. The molecule has 0 unspecified atom stereocenters. The number of aryl methyl sites for hydroxylation is 2. The standard InChI is InChI=1S/C18H17N5O4/c1-10-8-14(21-18(19-10)22-15-9-11(2)27-23-15)16(24)20-13-6-4-12(5-7-13)17(25)26-3/h4-9H,1-3H3,(H,20,24)(H,19,21,22,23). The molecule has 0 atom stereocenters. The van der Waals surface area contributed by atoms with Crippen molar-refractivity contribution in [2.75, 3.05) is 17.7 Å². The first-order chi connectivity index (χ1) is 12.9. The van der Waals surface area contributed by atoms with Gasteiger partial charge in [-0.2, -0.15) is 0 Å². The van der Waals surface area contributed by atoms with E-state index in [1.165, 1.54) is 7.11 Å². The number of nitrogens with zero attached hydrogens (tertiary/aromatic N) is 3. The van der Waals surface area contributed by atoms with Crippen LogP contribution in [0, 0.1) is 13.8 Å². The summed E-state index contributed by atoms with van der Waals surface area (Å²) in [5.74, 6) is 0.458. The Morgan fingerprint density at radius 1 is 1.07 bits per heavy atom. The van der Waals surface area contributed by atoms with Crippen LogP contribution < -0.4 is 10.6 Å². The average molecular weight is 367 g/mol. The molecule has 1 aromatic carbocycles. The van der Waals surface area contributed by atoms with Crippen LogP contribution in [0.25, 0.3) is 0 Å². The third kappa shape index (κ3) is 4.46. The fraction of sp³-hybridized carbons (Fsp3) is 0.167. The SMILES string of the molecule is COC(=O)c1ccc(NC(=O)c2cc(C)nc(Nc3cc(C)on3)n2)cc1. The molecule has 0 radical (unpaired) electrons. The van der Waals surface area contributed by atoms with E-state index in [-0.39, 0.29) is 11.6 Å². The van der Waals surface area contributed by atoms with Gasteiger partial charge in [0.1, 0.15) is 11.5 Å². The molecule has 2 heterocycles. The van der Waals surface area contributed by atoms with Gasteiger partial charge in [-0.05, 0) is 44.2 Å². The molecule has 9 nitrogen and oxygen atoms in total. The van der Waals surface area contributed by atoms with Crippen molar-refractivity contribution in [3.8, 4) is 0 Å². The van der Waals surface area contributed by atoms with Crippen LogP contribution in [0.3, 0.4) is 0 Å². The number of hydrogen-bond donors (Lipinski definition) is 2. The summed E-state index contributed by atoms with van der Waals surface area (Å²) in [6.45, 7) is 3.52. The lowest BCUT2D eigenvalue weighted by Gasteiger charge is -2.08. The Morgan fingerprint density at radius 2 is 1.81 bits per heavy atom. The first kappa shape index (κ1) is 18.1. The molecule has 0 aliphatic carbocycles. The number of hydrogen-bond acceptors (Lipinski definition) is 8. The summed E-state index contributed by atoms with van der Waals surface area (Å²) in [7, 11) is 1.31. The molecule has 9 heteroatoms. The smallest absolute Gasteiger partial charge is 0.337 e. The van der Waals surface area contributed by atoms with Crippen LogP contribution in [0.5, 0.6) is 0 Å². The minimum absolute atomic E-state index is 0.183. The maximum atomic E-state index is 12.5. The van der Waals surface area contributed by atoms with E-state index < -0.39 is 11.9 Å². The summed E-state index contributed by atoms with van der Waals surface area (Å²) in [5.41, 5.74) is 1.70. The number of anilines is 3. The lowest BCUT2D eigenvalue weighted by molar-refractivity contribution is 0.0600. The summed E-state index contributed by atoms with van der Waals surface area (Å²) < 4.78 is 9.62. The predicted octanol–water partition coefficient (Wildman–Crippen LogP) is 2.86. The van der Waals surface area contributed by atoms with Crippen LogP contribution in [-0.2, 0) is 4.74 Å². The molecule has 138 valence electrons.